The van der Waals surface area contributed by atoms with E-state index in [1.807, 2.05) is 18.6 Å². The van der Waals surface area contributed by atoms with E-state index in [1.54, 1.807) is 19.1 Å². The van der Waals surface area contributed by atoms with Gasteiger partial charge in [-0.15, -0.1) is 11.3 Å². The largest absolute Gasteiger partial charge is 0.416 e. The first-order chi connectivity index (χ1) is 16.7. The van der Waals surface area contributed by atoms with E-state index < -0.39 is 33.7 Å². The number of sulfonamides is 1. The molecule has 0 radical (unpaired) electrons. The van der Waals surface area contributed by atoms with Crippen molar-refractivity contribution in [1.29, 1.82) is 0 Å². The van der Waals surface area contributed by atoms with Crippen LogP contribution in [0.25, 0.3) is 0 Å². The Labute approximate surface area is 211 Å². The zero-order valence-corrected chi connectivity index (χ0v) is 21.6. The average molecular weight is 539 g/mol. The van der Waals surface area contributed by atoms with Gasteiger partial charge < -0.3 is 5.32 Å². The van der Waals surface area contributed by atoms with E-state index in [-0.39, 0.29) is 11.5 Å². The molecule has 0 bridgehead atoms. The van der Waals surface area contributed by atoms with Gasteiger partial charge in [0.25, 0.3) is 11.8 Å². The summed E-state index contributed by atoms with van der Waals surface area (Å²) in [5, 5.41) is 2.93. The van der Waals surface area contributed by atoms with Crippen molar-refractivity contribution in [3.05, 3.63) is 91.7 Å². The number of nitrogens with one attached hydrogen (secondary N) is 2. The molecule has 192 valence electrons. The van der Waals surface area contributed by atoms with Crippen LogP contribution in [0.4, 0.5) is 13.2 Å². The molecule has 0 saturated heterocycles. The van der Waals surface area contributed by atoms with Gasteiger partial charge in [0.2, 0.25) is 10.0 Å². The lowest BCUT2D eigenvalue weighted by Gasteiger charge is -2.16. The molecule has 1 atom stereocenters. The van der Waals surface area contributed by atoms with Gasteiger partial charge in [0.1, 0.15) is 0 Å². The fourth-order valence-electron chi connectivity index (χ4n) is 3.76. The van der Waals surface area contributed by atoms with Crippen molar-refractivity contribution in [2.45, 2.75) is 39.4 Å². The summed E-state index contributed by atoms with van der Waals surface area (Å²) in [7, 11) is -3.69. The molecule has 3 aromatic rings. The summed E-state index contributed by atoms with van der Waals surface area (Å²) in [6.45, 7) is 5.47. The van der Waals surface area contributed by atoms with E-state index in [1.165, 1.54) is 35.6 Å². The molecule has 0 aliphatic carbocycles. The van der Waals surface area contributed by atoms with E-state index in [9.17, 15) is 31.2 Å². The fourth-order valence-corrected chi connectivity index (χ4v) is 5.29. The van der Waals surface area contributed by atoms with Crippen LogP contribution in [0.15, 0.2) is 48.5 Å². The van der Waals surface area contributed by atoms with Gasteiger partial charge in [-0.05, 0) is 68.1 Å². The van der Waals surface area contributed by atoms with E-state index in [0.29, 0.717) is 23.1 Å². The molecule has 0 saturated carbocycles. The minimum atomic E-state index is -4.41. The third-order valence-corrected chi connectivity index (χ3v) is 7.19. The number of rotatable bonds is 7. The number of carbonyl (C=O) groups is 2. The second-order valence-electron chi connectivity index (χ2n) is 8.46. The average Bonchev–Trinajstić information content (AvgIpc) is 3.05. The summed E-state index contributed by atoms with van der Waals surface area (Å²) in [5.74, 6) is -1.07. The number of hydrogen-bond donors (Lipinski definition) is 2. The lowest BCUT2D eigenvalue weighted by atomic mass is 9.98. The molecule has 11 heteroatoms. The third-order valence-electron chi connectivity index (χ3n) is 5.57. The quantitative estimate of drug-likeness (QED) is 0.435. The monoisotopic (exact) mass is 538 g/mol. The molecule has 36 heavy (non-hydrogen) atoms. The smallest absolute Gasteiger partial charge is 0.345 e. The predicted molar refractivity (Wildman–Crippen MR) is 133 cm³/mol. The molecule has 0 fully saturated rings. The summed E-state index contributed by atoms with van der Waals surface area (Å²) in [5.41, 5.74) is 2.05. The molecule has 2 N–H and O–H groups in total. The summed E-state index contributed by atoms with van der Waals surface area (Å²) in [4.78, 5) is 26.9. The summed E-state index contributed by atoms with van der Waals surface area (Å²) >= 11 is 1.45. The second-order valence-corrected chi connectivity index (χ2v) is 11.6. The van der Waals surface area contributed by atoms with Crippen LogP contribution in [0.3, 0.4) is 0 Å². The summed E-state index contributed by atoms with van der Waals surface area (Å²) in [6.07, 6.45) is -3.21. The Hall–Kier alpha value is -3.18. The summed E-state index contributed by atoms with van der Waals surface area (Å²) < 4.78 is 63.0. The Balaban J connectivity index is 1.76. The Morgan fingerprint density at radius 3 is 2.06 bits per heavy atom. The number of alkyl halides is 3. The Kier molecular flexibility index (Phi) is 7.94. The van der Waals surface area contributed by atoms with Crippen LogP contribution in [0.5, 0.6) is 0 Å². The van der Waals surface area contributed by atoms with E-state index in [2.05, 4.69) is 5.32 Å². The van der Waals surface area contributed by atoms with E-state index >= 15 is 0 Å². The normalized spacial score (nSPS) is 12.8. The van der Waals surface area contributed by atoms with Crippen LogP contribution in [-0.4, -0.2) is 26.5 Å². The molecule has 6 nitrogen and oxygen atoms in total. The minimum absolute atomic E-state index is 0.158. The highest BCUT2D eigenvalue weighted by Gasteiger charge is 2.30. The second kappa shape index (κ2) is 10.4. The van der Waals surface area contributed by atoms with Crippen molar-refractivity contribution >= 4 is 33.2 Å². The molecule has 0 unspecified atom stereocenters. The Bertz CT molecular complexity index is 1380. The van der Waals surface area contributed by atoms with Gasteiger partial charge in [-0.25, -0.2) is 13.1 Å². The predicted octanol–water partition coefficient (Wildman–Crippen LogP) is 5.15. The maximum Gasteiger partial charge on any atom is 0.416 e. The lowest BCUT2D eigenvalue weighted by Crippen LogP contribution is -2.29. The first-order valence-electron chi connectivity index (χ1n) is 10.8. The topological polar surface area (TPSA) is 92.3 Å². The molecule has 3 rings (SSSR count). The number of amides is 2. The molecular formula is C25H25F3N2O4S2. The lowest BCUT2D eigenvalue weighted by molar-refractivity contribution is -0.137. The first-order valence-corrected chi connectivity index (χ1v) is 13.5. The zero-order chi connectivity index (χ0) is 26.8. The number of halogens is 3. The van der Waals surface area contributed by atoms with Crippen molar-refractivity contribution in [2.75, 3.05) is 6.26 Å². The van der Waals surface area contributed by atoms with Gasteiger partial charge in [-0.1, -0.05) is 24.3 Å². The molecule has 2 aromatic carbocycles. The van der Waals surface area contributed by atoms with Crippen LogP contribution >= 0.6 is 11.3 Å². The van der Waals surface area contributed by atoms with Crippen LogP contribution in [-0.2, 0) is 22.6 Å². The zero-order valence-electron chi connectivity index (χ0n) is 20.0. The maximum absolute atomic E-state index is 13.2. The molecular weight excluding hydrogens is 513 g/mol. The van der Waals surface area contributed by atoms with Crippen molar-refractivity contribution in [3.8, 4) is 0 Å². The minimum Gasteiger partial charge on any atom is -0.345 e. The van der Waals surface area contributed by atoms with Gasteiger partial charge >= 0.3 is 6.18 Å². The van der Waals surface area contributed by atoms with Crippen molar-refractivity contribution < 1.29 is 31.2 Å². The van der Waals surface area contributed by atoms with Gasteiger partial charge in [0.05, 0.1) is 23.4 Å². The van der Waals surface area contributed by atoms with Gasteiger partial charge in [-0.2, -0.15) is 13.2 Å². The van der Waals surface area contributed by atoms with Crippen molar-refractivity contribution in [2.24, 2.45) is 0 Å². The third kappa shape index (κ3) is 6.73. The Morgan fingerprint density at radius 2 is 1.53 bits per heavy atom. The number of aryl methyl sites for hydroxylation is 2. The molecule has 2 amide bonds. The van der Waals surface area contributed by atoms with Crippen LogP contribution in [0, 0.1) is 13.8 Å². The number of thiophene rings is 1. The van der Waals surface area contributed by atoms with Gasteiger partial charge in [0.15, 0.2) is 0 Å². The van der Waals surface area contributed by atoms with Crippen molar-refractivity contribution in [3.63, 3.8) is 0 Å². The van der Waals surface area contributed by atoms with Crippen molar-refractivity contribution in [1.82, 2.24) is 10.0 Å². The van der Waals surface area contributed by atoms with Crippen LogP contribution in [0.2, 0.25) is 0 Å². The summed E-state index contributed by atoms with van der Waals surface area (Å²) in [6, 6.07) is 10.7. The van der Waals surface area contributed by atoms with Gasteiger partial charge in [-0.3, -0.25) is 9.59 Å². The SMILES string of the molecule is Cc1sc(C)c(C(=O)N[C@@H](C)c2ccc(C(=O)NS(C)(=O)=O)cc2)c1Cc1ccc(C(F)(F)F)cc1. The molecule has 1 aromatic heterocycles. The van der Waals surface area contributed by atoms with E-state index in [4.69, 9.17) is 0 Å². The van der Waals surface area contributed by atoms with E-state index in [0.717, 1.165) is 33.7 Å². The van der Waals surface area contributed by atoms with Crippen LogP contribution in [0.1, 0.15) is 65.7 Å². The number of carbonyl (C=O) groups excluding carboxylic acids is 2. The fraction of sp³-hybridized carbons (Fsp3) is 0.280. The molecule has 0 aliphatic rings. The highest BCUT2D eigenvalue weighted by atomic mass is 32.2. The van der Waals surface area contributed by atoms with Crippen LogP contribution < -0.4 is 10.0 Å². The highest BCUT2D eigenvalue weighted by Crippen LogP contribution is 2.32. The molecule has 0 spiro atoms. The highest BCUT2D eigenvalue weighted by molar-refractivity contribution is 7.89. The standard InChI is InChI=1S/C25H25F3N2O4S2/c1-14(18-7-9-19(10-8-18)23(31)30-36(4,33)34)29-24(32)22-16(3)35-15(2)21(22)13-17-5-11-20(12-6-17)25(26,27)28/h5-12,14H,13H2,1-4H3,(H,29,32)(H,30,31)/t14-/m0/s1. The van der Waals surface area contributed by atoms with Gasteiger partial charge in [0, 0.05) is 15.3 Å². The molecule has 1 heterocycles. The number of benzene rings is 2. The molecule has 0 aliphatic heterocycles. The first kappa shape index (κ1) is 27.4. The Morgan fingerprint density at radius 1 is 0.944 bits per heavy atom. The number of hydrogen-bond acceptors (Lipinski definition) is 5. The maximum atomic E-state index is 13.2.